The number of furan rings is 1. The number of hydrogen-bond acceptors (Lipinski definition) is 6. The van der Waals surface area contributed by atoms with Crippen LogP contribution >= 0.6 is 0 Å². The first kappa shape index (κ1) is 11.1. The minimum absolute atomic E-state index is 0.0366. The summed E-state index contributed by atoms with van der Waals surface area (Å²) in [5.74, 6) is -0.487. The minimum atomic E-state index is -0.678. The van der Waals surface area contributed by atoms with E-state index >= 15 is 0 Å². The van der Waals surface area contributed by atoms with Crippen LogP contribution in [0.4, 0.5) is 5.88 Å². The summed E-state index contributed by atoms with van der Waals surface area (Å²) in [5.41, 5.74) is -0.132. The van der Waals surface area contributed by atoms with Gasteiger partial charge < -0.3 is 8.83 Å². The molecule has 0 unspecified atom stereocenters. The zero-order valence-corrected chi connectivity index (χ0v) is 9.40. The van der Waals surface area contributed by atoms with Crippen LogP contribution in [0.15, 0.2) is 50.0 Å². The maximum Gasteiger partial charge on any atom is 0.433 e. The molecule has 2 aromatic heterocycles. The molecule has 7 heteroatoms. The summed E-state index contributed by atoms with van der Waals surface area (Å²) in [6, 6.07) is 9.15. The molecule has 0 spiro atoms. The summed E-state index contributed by atoms with van der Waals surface area (Å²) in [6.45, 7) is 0. The summed E-state index contributed by atoms with van der Waals surface area (Å²) in [7, 11) is 0. The third-order valence-corrected chi connectivity index (χ3v) is 2.52. The smallest absolute Gasteiger partial charge is 0.400 e. The first-order valence-electron chi connectivity index (χ1n) is 5.29. The molecule has 19 heavy (non-hydrogen) atoms. The Morgan fingerprint density at radius 2 is 1.89 bits per heavy atom. The van der Waals surface area contributed by atoms with Crippen molar-refractivity contribution in [1.29, 1.82) is 0 Å². The number of para-hydroxylation sites is 1. The van der Waals surface area contributed by atoms with E-state index in [1.54, 1.807) is 24.3 Å². The number of nitrogens with zero attached hydrogens (tertiary/aromatic N) is 2. The largest absolute Gasteiger partial charge is 0.433 e. The molecular formula is C12H6N2O5. The molecule has 0 saturated carbocycles. The average Bonchev–Trinajstić information content (AvgIpc) is 2.88. The summed E-state index contributed by atoms with van der Waals surface area (Å²) in [5, 5.41) is 10.9. The van der Waals surface area contributed by atoms with Gasteiger partial charge in [0.05, 0.1) is 17.0 Å². The third-order valence-electron chi connectivity index (χ3n) is 2.52. The van der Waals surface area contributed by atoms with Gasteiger partial charge in [0.25, 0.3) is 5.89 Å². The second-order valence-corrected chi connectivity index (χ2v) is 3.72. The van der Waals surface area contributed by atoms with Crippen molar-refractivity contribution in [1.82, 2.24) is 4.98 Å². The fraction of sp³-hybridized carbons (Fsp3) is 0. The lowest BCUT2D eigenvalue weighted by atomic mass is 10.2. The van der Waals surface area contributed by atoms with E-state index in [0.717, 1.165) is 0 Å². The lowest BCUT2D eigenvalue weighted by molar-refractivity contribution is -0.401. The number of benzene rings is 1. The van der Waals surface area contributed by atoms with Crippen molar-refractivity contribution in [2.75, 3.05) is 0 Å². The normalized spacial score (nSPS) is 10.7. The molecule has 0 N–H and O–H groups in total. The van der Waals surface area contributed by atoms with E-state index in [2.05, 4.69) is 4.98 Å². The van der Waals surface area contributed by atoms with Gasteiger partial charge in [-0.05, 0) is 18.2 Å². The second-order valence-electron chi connectivity index (χ2n) is 3.72. The highest BCUT2D eigenvalue weighted by atomic mass is 16.6. The minimum Gasteiger partial charge on any atom is -0.400 e. The van der Waals surface area contributed by atoms with E-state index in [1.165, 1.54) is 12.1 Å². The number of rotatable bonds is 2. The summed E-state index contributed by atoms with van der Waals surface area (Å²) >= 11 is 0. The molecule has 0 aliphatic rings. The maximum absolute atomic E-state index is 11.7. The SMILES string of the molecule is O=c1oc(-c2ccc([N+](=O)[O-])o2)nc2ccccc12. The predicted molar refractivity (Wildman–Crippen MR) is 64.6 cm³/mol. The Morgan fingerprint density at radius 1 is 1.11 bits per heavy atom. The number of hydrogen-bond donors (Lipinski definition) is 0. The van der Waals surface area contributed by atoms with Crippen molar-refractivity contribution in [2.45, 2.75) is 0 Å². The van der Waals surface area contributed by atoms with Crippen LogP contribution in [0.3, 0.4) is 0 Å². The van der Waals surface area contributed by atoms with Gasteiger partial charge in [-0.2, -0.15) is 0 Å². The Kier molecular flexibility index (Phi) is 2.38. The topological polar surface area (TPSA) is 99.4 Å². The van der Waals surface area contributed by atoms with Crippen molar-refractivity contribution in [3.05, 3.63) is 56.9 Å². The molecule has 0 amide bonds. The highest BCUT2D eigenvalue weighted by Crippen LogP contribution is 2.24. The fourth-order valence-electron chi connectivity index (χ4n) is 1.66. The van der Waals surface area contributed by atoms with Gasteiger partial charge in [-0.1, -0.05) is 12.1 Å². The van der Waals surface area contributed by atoms with E-state index in [0.29, 0.717) is 10.9 Å². The molecule has 0 aliphatic carbocycles. The lowest BCUT2D eigenvalue weighted by Gasteiger charge is -1.97. The van der Waals surface area contributed by atoms with Crippen LogP contribution in [0.25, 0.3) is 22.6 Å². The average molecular weight is 258 g/mol. The van der Waals surface area contributed by atoms with Crippen LogP contribution in [0.1, 0.15) is 0 Å². The van der Waals surface area contributed by atoms with Gasteiger partial charge in [0.1, 0.15) is 4.92 Å². The van der Waals surface area contributed by atoms with Crippen molar-refractivity contribution < 1.29 is 13.8 Å². The molecule has 2 heterocycles. The van der Waals surface area contributed by atoms with Gasteiger partial charge in [0, 0.05) is 0 Å². The van der Waals surface area contributed by atoms with E-state index < -0.39 is 16.4 Å². The van der Waals surface area contributed by atoms with E-state index in [-0.39, 0.29) is 11.7 Å². The predicted octanol–water partition coefficient (Wildman–Crippen LogP) is 2.36. The van der Waals surface area contributed by atoms with Gasteiger partial charge in [-0.15, -0.1) is 0 Å². The molecule has 3 rings (SSSR count). The van der Waals surface area contributed by atoms with Crippen LogP contribution in [-0.2, 0) is 0 Å². The van der Waals surface area contributed by atoms with Gasteiger partial charge in [-0.3, -0.25) is 10.1 Å². The van der Waals surface area contributed by atoms with Crippen molar-refractivity contribution in [3.8, 4) is 11.7 Å². The van der Waals surface area contributed by atoms with E-state index in [1.807, 2.05) is 0 Å². The van der Waals surface area contributed by atoms with E-state index in [4.69, 9.17) is 8.83 Å². The first-order valence-corrected chi connectivity index (χ1v) is 5.29. The number of aromatic nitrogens is 1. The van der Waals surface area contributed by atoms with Gasteiger partial charge >= 0.3 is 11.5 Å². The Morgan fingerprint density at radius 3 is 2.63 bits per heavy atom. The van der Waals surface area contributed by atoms with Crippen molar-refractivity contribution in [2.24, 2.45) is 0 Å². The highest BCUT2D eigenvalue weighted by Gasteiger charge is 2.17. The van der Waals surface area contributed by atoms with Crippen molar-refractivity contribution >= 4 is 16.8 Å². The molecule has 3 aromatic rings. The molecule has 0 saturated heterocycles. The van der Waals surface area contributed by atoms with Crippen LogP contribution in [0, 0.1) is 10.1 Å². The lowest BCUT2D eigenvalue weighted by Crippen LogP contribution is -2.02. The van der Waals surface area contributed by atoms with Gasteiger partial charge in [-0.25, -0.2) is 9.78 Å². The zero-order chi connectivity index (χ0) is 13.4. The first-order chi connectivity index (χ1) is 9.15. The molecule has 7 nitrogen and oxygen atoms in total. The molecule has 0 atom stereocenters. The Balaban J connectivity index is 2.19. The molecule has 0 bridgehead atoms. The summed E-state index contributed by atoms with van der Waals surface area (Å²) in [6.07, 6.45) is 0. The standard InChI is InChI=1S/C12H6N2O5/c15-12-7-3-1-2-4-8(7)13-11(19-12)9-5-6-10(18-9)14(16)17/h1-6H. The highest BCUT2D eigenvalue weighted by molar-refractivity contribution is 5.78. The molecule has 0 radical (unpaired) electrons. The van der Waals surface area contributed by atoms with Gasteiger partial charge in [0.15, 0.2) is 5.76 Å². The summed E-state index contributed by atoms with van der Waals surface area (Å²) in [4.78, 5) is 25.7. The Hall–Kier alpha value is -2.96. The Labute approximate surface area is 105 Å². The molecule has 0 aliphatic heterocycles. The summed E-state index contributed by atoms with van der Waals surface area (Å²) < 4.78 is 9.93. The quantitative estimate of drug-likeness (QED) is 0.516. The molecule has 0 fully saturated rings. The van der Waals surface area contributed by atoms with Crippen LogP contribution in [-0.4, -0.2) is 9.91 Å². The Bertz CT molecular complexity index is 833. The number of nitro groups is 1. The second kappa shape index (κ2) is 4.05. The molecule has 94 valence electrons. The van der Waals surface area contributed by atoms with Gasteiger partial charge in [0.2, 0.25) is 0 Å². The van der Waals surface area contributed by atoms with Crippen LogP contribution in [0.2, 0.25) is 0 Å². The monoisotopic (exact) mass is 258 g/mol. The zero-order valence-electron chi connectivity index (χ0n) is 9.40. The third kappa shape index (κ3) is 1.86. The fourth-order valence-corrected chi connectivity index (χ4v) is 1.66. The van der Waals surface area contributed by atoms with E-state index in [9.17, 15) is 14.9 Å². The number of fused-ring (bicyclic) bond motifs is 1. The van der Waals surface area contributed by atoms with Crippen LogP contribution in [0.5, 0.6) is 0 Å². The maximum atomic E-state index is 11.7. The van der Waals surface area contributed by atoms with Crippen molar-refractivity contribution in [3.63, 3.8) is 0 Å². The van der Waals surface area contributed by atoms with Crippen LogP contribution < -0.4 is 5.63 Å². The molecule has 1 aromatic carbocycles. The molecular weight excluding hydrogens is 252 g/mol.